The molecule has 0 aliphatic carbocycles. The molecule has 2 aromatic rings. The van der Waals surface area contributed by atoms with Gasteiger partial charge in [-0.25, -0.2) is 4.98 Å². The molecule has 1 unspecified atom stereocenters. The van der Waals surface area contributed by atoms with Crippen LogP contribution in [0.4, 0.5) is 4.39 Å². The van der Waals surface area contributed by atoms with Crippen LogP contribution in [0.2, 0.25) is 0 Å². The minimum absolute atomic E-state index is 0.0813. The Balaban J connectivity index is 2.08. The highest BCUT2D eigenvalue weighted by atomic mass is 19.1. The molecule has 1 aromatic heterocycles. The number of benzene rings is 1. The molecule has 0 aliphatic heterocycles. The lowest BCUT2D eigenvalue weighted by atomic mass is 10.1. The Morgan fingerprint density at radius 3 is 2.56 bits per heavy atom. The minimum Gasteiger partial charge on any atom is -0.344 e. The largest absolute Gasteiger partial charge is 0.344 e. The average molecular weight is 244 g/mol. The Morgan fingerprint density at radius 2 is 1.89 bits per heavy atom. The van der Waals surface area contributed by atoms with E-state index in [1.165, 1.54) is 18.2 Å². The number of nitrogens with zero attached hydrogens (tertiary/aromatic N) is 1. The van der Waals surface area contributed by atoms with Gasteiger partial charge in [-0.05, 0) is 24.6 Å². The lowest BCUT2D eigenvalue weighted by Crippen LogP contribution is -2.27. The Hall–Kier alpha value is -2.23. The van der Waals surface area contributed by atoms with E-state index in [2.05, 4.69) is 10.3 Å². The number of amides is 1. The van der Waals surface area contributed by atoms with Crippen LogP contribution in [0, 0.1) is 5.95 Å². The second-order valence-electron chi connectivity index (χ2n) is 3.95. The topological polar surface area (TPSA) is 42.0 Å². The summed E-state index contributed by atoms with van der Waals surface area (Å²) in [7, 11) is 0. The number of hydrogen-bond donors (Lipinski definition) is 1. The van der Waals surface area contributed by atoms with Gasteiger partial charge in [0.05, 0.1) is 6.04 Å². The van der Waals surface area contributed by atoms with E-state index >= 15 is 0 Å². The molecule has 0 fully saturated rings. The zero-order valence-corrected chi connectivity index (χ0v) is 9.93. The lowest BCUT2D eigenvalue weighted by molar-refractivity contribution is 0.0933. The van der Waals surface area contributed by atoms with Crippen molar-refractivity contribution < 1.29 is 9.18 Å². The first-order valence-corrected chi connectivity index (χ1v) is 5.65. The van der Waals surface area contributed by atoms with Crippen LogP contribution in [-0.4, -0.2) is 10.9 Å². The predicted molar refractivity (Wildman–Crippen MR) is 66.5 cm³/mol. The standard InChI is InChI=1S/C14H13FN2O/c1-10(11-6-3-2-4-7-11)16-14(18)12-8-5-9-13(15)17-12/h2-10H,1H3,(H,16,18). The van der Waals surface area contributed by atoms with Gasteiger partial charge < -0.3 is 5.32 Å². The van der Waals surface area contributed by atoms with Gasteiger partial charge in [-0.1, -0.05) is 36.4 Å². The van der Waals surface area contributed by atoms with Gasteiger partial charge in [-0.2, -0.15) is 4.39 Å². The summed E-state index contributed by atoms with van der Waals surface area (Å²) in [4.78, 5) is 15.4. The number of carbonyl (C=O) groups is 1. The van der Waals surface area contributed by atoms with Gasteiger partial charge in [0, 0.05) is 0 Å². The zero-order chi connectivity index (χ0) is 13.0. The molecular weight excluding hydrogens is 231 g/mol. The van der Waals surface area contributed by atoms with Crippen molar-refractivity contribution in [1.82, 2.24) is 10.3 Å². The first-order valence-electron chi connectivity index (χ1n) is 5.65. The van der Waals surface area contributed by atoms with Crippen LogP contribution < -0.4 is 5.32 Å². The van der Waals surface area contributed by atoms with Crippen molar-refractivity contribution in [3.8, 4) is 0 Å². The highest BCUT2D eigenvalue weighted by molar-refractivity contribution is 5.92. The van der Waals surface area contributed by atoms with Crippen LogP contribution in [-0.2, 0) is 0 Å². The number of pyridine rings is 1. The van der Waals surface area contributed by atoms with Gasteiger partial charge >= 0.3 is 0 Å². The monoisotopic (exact) mass is 244 g/mol. The fourth-order valence-corrected chi connectivity index (χ4v) is 1.63. The van der Waals surface area contributed by atoms with Crippen LogP contribution in [0.25, 0.3) is 0 Å². The third kappa shape index (κ3) is 2.91. The number of halogens is 1. The molecule has 1 N–H and O–H groups in total. The van der Waals surface area contributed by atoms with E-state index in [9.17, 15) is 9.18 Å². The number of nitrogens with one attached hydrogen (secondary N) is 1. The third-order valence-corrected chi connectivity index (χ3v) is 2.59. The summed E-state index contributed by atoms with van der Waals surface area (Å²) in [6.07, 6.45) is 0. The summed E-state index contributed by atoms with van der Waals surface area (Å²) in [5.41, 5.74) is 1.07. The Kier molecular flexibility index (Phi) is 3.67. The van der Waals surface area contributed by atoms with Crippen LogP contribution in [0.15, 0.2) is 48.5 Å². The summed E-state index contributed by atoms with van der Waals surface area (Å²) in [6.45, 7) is 1.87. The van der Waals surface area contributed by atoms with Crippen molar-refractivity contribution >= 4 is 5.91 Å². The van der Waals surface area contributed by atoms with Gasteiger partial charge in [0.2, 0.25) is 5.95 Å². The summed E-state index contributed by atoms with van der Waals surface area (Å²) in [5.74, 6) is -1.04. The molecule has 3 nitrogen and oxygen atoms in total. The Morgan fingerprint density at radius 1 is 1.17 bits per heavy atom. The number of rotatable bonds is 3. The van der Waals surface area contributed by atoms with Crippen molar-refractivity contribution in [1.29, 1.82) is 0 Å². The second kappa shape index (κ2) is 5.40. The smallest absolute Gasteiger partial charge is 0.270 e. The van der Waals surface area contributed by atoms with E-state index in [1.54, 1.807) is 0 Å². The molecule has 18 heavy (non-hydrogen) atoms. The van der Waals surface area contributed by atoms with Crippen LogP contribution >= 0.6 is 0 Å². The Bertz CT molecular complexity index is 543. The van der Waals surface area contributed by atoms with Crippen LogP contribution in [0.3, 0.4) is 0 Å². The maximum atomic E-state index is 12.9. The second-order valence-corrected chi connectivity index (χ2v) is 3.95. The van der Waals surface area contributed by atoms with E-state index in [0.717, 1.165) is 5.56 Å². The van der Waals surface area contributed by atoms with Gasteiger partial charge in [0.1, 0.15) is 5.69 Å². The summed E-state index contributed by atoms with van der Waals surface area (Å²) < 4.78 is 12.9. The van der Waals surface area contributed by atoms with Crippen LogP contribution in [0.5, 0.6) is 0 Å². The van der Waals surface area contributed by atoms with E-state index < -0.39 is 5.95 Å². The lowest BCUT2D eigenvalue weighted by Gasteiger charge is -2.13. The molecule has 1 heterocycles. The molecule has 1 amide bonds. The third-order valence-electron chi connectivity index (χ3n) is 2.59. The molecule has 4 heteroatoms. The SMILES string of the molecule is CC(NC(=O)c1cccc(F)n1)c1ccccc1. The summed E-state index contributed by atoms with van der Waals surface area (Å²) >= 11 is 0. The van der Waals surface area contributed by atoms with Crippen molar-refractivity contribution in [3.05, 3.63) is 65.7 Å². The van der Waals surface area contributed by atoms with Gasteiger partial charge in [-0.3, -0.25) is 4.79 Å². The minimum atomic E-state index is -0.657. The maximum absolute atomic E-state index is 12.9. The maximum Gasteiger partial charge on any atom is 0.270 e. The molecule has 1 aromatic carbocycles. The van der Waals surface area contributed by atoms with E-state index in [0.29, 0.717) is 0 Å². The van der Waals surface area contributed by atoms with Gasteiger partial charge in [-0.15, -0.1) is 0 Å². The molecule has 0 radical (unpaired) electrons. The molecule has 0 aliphatic rings. The molecule has 0 bridgehead atoms. The van der Waals surface area contributed by atoms with Crippen molar-refractivity contribution in [3.63, 3.8) is 0 Å². The normalized spacial score (nSPS) is 11.9. The number of hydrogen-bond acceptors (Lipinski definition) is 2. The first kappa shape index (κ1) is 12.2. The molecule has 0 saturated heterocycles. The van der Waals surface area contributed by atoms with Crippen molar-refractivity contribution in [2.24, 2.45) is 0 Å². The fourth-order valence-electron chi connectivity index (χ4n) is 1.63. The Labute approximate surface area is 105 Å². The fraction of sp³-hybridized carbons (Fsp3) is 0.143. The quantitative estimate of drug-likeness (QED) is 0.843. The highest BCUT2D eigenvalue weighted by Crippen LogP contribution is 2.11. The van der Waals surface area contributed by atoms with Crippen molar-refractivity contribution in [2.45, 2.75) is 13.0 Å². The van der Waals surface area contributed by atoms with E-state index in [1.807, 2.05) is 37.3 Å². The molecule has 1 atom stereocenters. The van der Waals surface area contributed by atoms with Crippen molar-refractivity contribution in [2.75, 3.05) is 0 Å². The summed E-state index contributed by atoms with van der Waals surface area (Å²) in [6, 6.07) is 13.6. The van der Waals surface area contributed by atoms with Gasteiger partial charge in [0.25, 0.3) is 5.91 Å². The average Bonchev–Trinajstić information content (AvgIpc) is 2.39. The van der Waals surface area contributed by atoms with E-state index in [-0.39, 0.29) is 17.6 Å². The molecular formula is C14H13FN2O. The number of carbonyl (C=O) groups excluding carboxylic acids is 1. The van der Waals surface area contributed by atoms with E-state index in [4.69, 9.17) is 0 Å². The molecule has 92 valence electrons. The highest BCUT2D eigenvalue weighted by Gasteiger charge is 2.12. The molecule has 0 spiro atoms. The predicted octanol–water partition coefficient (Wildman–Crippen LogP) is 2.71. The molecule has 2 rings (SSSR count). The molecule has 0 saturated carbocycles. The van der Waals surface area contributed by atoms with Crippen LogP contribution in [0.1, 0.15) is 29.0 Å². The first-order chi connectivity index (χ1) is 8.66. The summed E-state index contributed by atoms with van der Waals surface area (Å²) in [5, 5.41) is 2.77. The zero-order valence-electron chi connectivity index (χ0n) is 9.93. The van der Waals surface area contributed by atoms with Gasteiger partial charge in [0.15, 0.2) is 0 Å². The number of aromatic nitrogens is 1.